The van der Waals surface area contributed by atoms with Gasteiger partial charge in [0.25, 0.3) is 0 Å². The summed E-state index contributed by atoms with van der Waals surface area (Å²) in [4.78, 5) is 2.28. The van der Waals surface area contributed by atoms with Crippen molar-refractivity contribution < 1.29 is 0 Å². The molecule has 2 nitrogen and oxygen atoms in total. The van der Waals surface area contributed by atoms with Crippen LogP contribution in [0.5, 0.6) is 0 Å². The molecule has 1 rings (SSSR count). The first-order chi connectivity index (χ1) is 7.11. The van der Waals surface area contributed by atoms with E-state index in [4.69, 9.17) is 0 Å². The lowest BCUT2D eigenvalue weighted by atomic mass is 9.80. The van der Waals surface area contributed by atoms with E-state index >= 15 is 0 Å². The van der Waals surface area contributed by atoms with Crippen LogP contribution in [0.25, 0.3) is 0 Å². The van der Waals surface area contributed by atoms with Crippen molar-refractivity contribution in [2.45, 2.75) is 45.6 Å². The Morgan fingerprint density at radius 2 is 1.93 bits per heavy atom. The summed E-state index contributed by atoms with van der Waals surface area (Å²) < 4.78 is 0. The van der Waals surface area contributed by atoms with Crippen LogP contribution >= 0.6 is 0 Å². The highest BCUT2D eigenvalue weighted by molar-refractivity contribution is 4.75. The van der Waals surface area contributed by atoms with Gasteiger partial charge in [-0.3, -0.25) is 0 Å². The molecule has 0 amide bonds. The molecule has 15 heavy (non-hydrogen) atoms. The molecule has 3 atom stereocenters. The van der Waals surface area contributed by atoms with Gasteiger partial charge in [0.15, 0.2) is 0 Å². The molecule has 90 valence electrons. The van der Waals surface area contributed by atoms with Crippen molar-refractivity contribution in [2.75, 3.05) is 27.2 Å². The lowest BCUT2D eigenvalue weighted by Crippen LogP contribution is -2.38. The molecule has 0 radical (unpaired) electrons. The van der Waals surface area contributed by atoms with Gasteiger partial charge in [-0.05, 0) is 45.8 Å². The molecule has 0 saturated heterocycles. The van der Waals surface area contributed by atoms with Crippen LogP contribution < -0.4 is 5.32 Å². The average molecular weight is 212 g/mol. The fourth-order valence-electron chi connectivity index (χ4n) is 2.36. The van der Waals surface area contributed by atoms with E-state index in [1.165, 1.54) is 32.2 Å². The molecule has 1 N–H and O–H groups in total. The molecule has 1 aliphatic rings. The number of hydrogen-bond acceptors (Lipinski definition) is 2. The third-order valence-electron chi connectivity index (χ3n) is 4.02. The van der Waals surface area contributed by atoms with Crippen LogP contribution in [-0.2, 0) is 0 Å². The van der Waals surface area contributed by atoms with Gasteiger partial charge in [-0.1, -0.05) is 26.2 Å². The predicted octanol–water partition coefficient (Wildman–Crippen LogP) is 2.35. The van der Waals surface area contributed by atoms with E-state index in [-0.39, 0.29) is 0 Å². The minimum absolute atomic E-state index is 0.642. The quantitative estimate of drug-likeness (QED) is 0.752. The molecule has 0 aliphatic heterocycles. The summed E-state index contributed by atoms with van der Waals surface area (Å²) in [6.45, 7) is 7.04. The standard InChI is InChI=1S/C13H28N2/c1-11-7-5-6-8-13(11)10-14-9-12(2)15(3)4/h11-14H,5-10H2,1-4H3. The van der Waals surface area contributed by atoms with Gasteiger partial charge in [0.1, 0.15) is 0 Å². The van der Waals surface area contributed by atoms with Crippen molar-refractivity contribution in [3.05, 3.63) is 0 Å². The largest absolute Gasteiger partial charge is 0.315 e. The molecule has 0 aromatic carbocycles. The molecular weight excluding hydrogens is 184 g/mol. The van der Waals surface area contributed by atoms with Crippen molar-refractivity contribution in [3.63, 3.8) is 0 Å². The number of likely N-dealkylation sites (N-methyl/N-ethyl adjacent to an activating group) is 1. The molecule has 1 aliphatic carbocycles. The van der Waals surface area contributed by atoms with Crippen molar-refractivity contribution in [3.8, 4) is 0 Å². The van der Waals surface area contributed by atoms with Crippen LogP contribution in [0, 0.1) is 11.8 Å². The Morgan fingerprint density at radius 1 is 1.27 bits per heavy atom. The van der Waals surface area contributed by atoms with Crippen LogP contribution in [0.4, 0.5) is 0 Å². The smallest absolute Gasteiger partial charge is 0.0186 e. The minimum Gasteiger partial charge on any atom is -0.315 e. The maximum atomic E-state index is 3.62. The van der Waals surface area contributed by atoms with Gasteiger partial charge >= 0.3 is 0 Å². The molecule has 1 fully saturated rings. The number of rotatable bonds is 5. The maximum absolute atomic E-state index is 3.62. The summed E-state index contributed by atoms with van der Waals surface area (Å²) in [6, 6.07) is 0.642. The average Bonchev–Trinajstić information content (AvgIpc) is 2.20. The van der Waals surface area contributed by atoms with E-state index < -0.39 is 0 Å². The summed E-state index contributed by atoms with van der Waals surface area (Å²) >= 11 is 0. The molecular formula is C13H28N2. The van der Waals surface area contributed by atoms with E-state index in [1.54, 1.807) is 0 Å². The highest BCUT2D eigenvalue weighted by Crippen LogP contribution is 2.28. The Balaban J connectivity index is 2.13. The Bertz CT molecular complexity index is 168. The zero-order valence-corrected chi connectivity index (χ0v) is 10.9. The first-order valence-corrected chi connectivity index (χ1v) is 6.48. The van der Waals surface area contributed by atoms with Crippen molar-refractivity contribution >= 4 is 0 Å². The van der Waals surface area contributed by atoms with E-state index in [0.717, 1.165) is 18.4 Å². The topological polar surface area (TPSA) is 15.3 Å². The van der Waals surface area contributed by atoms with Gasteiger partial charge in [0, 0.05) is 12.6 Å². The number of hydrogen-bond donors (Lipinski definition) is 1. The molecule has 0 aromatic rings. The lowest BCUT2D eigenvalue weighted by Gasteiger charge is -2.30. The minimum atomic E-state index is 0.642. The van der Waals surface area contributed by atoms with E-state index in [1.807, 2.05) is 0 Å². The summed E-state index contributed by atoms with van der Waals surface area (Å²) in [7, 11) is 4.30. The number of nitrogens with one attached hydrogen (secondary N) is 1. The Morgan fingerprint density at radius 3 is 2.53 bits per heavy atom. The summed E-state index contributed by atoms with van der Waals surface area (Å²) in [5.74, 6) is 1.86. The summed E-state index contributed by atoms with van der Waals surface area (Å²) in [6.07, 6.45) is 5.77. The zero-order valence-electron chi connectivity index (χ0n) is 10.9. The Labute approximate surface area is 95.4 Å². The molecule has 0 heterocycles. The SMILES string of the molecule is CC1CCCCC1CNCC(C)N(C)C. The summed E-state index contributed by atoms with van der Waals surface area (Å²) in [5.41, 5.74) is 0. The fourth-order valence-corrected chi connectivity index (χ4v) is 2.36. The molecule has 3 unspecified atom stereocenters. The van der Waals surface area contributed by atoms with Crippen LogP contribution in [0.3, 0.4) is 0 Å². The van der Waals surface area contributed by atoms with Crippen LogP contribution in [0.2, 0.25) is 0 Å². The van der Waals surface area contributed by atoms with E-state index in [2.05, 4.69) is 38.2 Å². The van der Waals surface area contributed by atoms with Crippen molar-refractivity contribution in [1.29, 1.82) is 0 Å². The molecule has 1 saturated carbocycles. The monoisotopic (exact) mass is 212 g/mol. The molecule has 0 spiro atoms. The van der Waals surface area contributed by atoms with Gasteiger partial charge in [-0.2, -0.15) is 0 Å². The van der Waals surface area contributed by atoms with Gasteiger partial charge in [0.05, 0.1) is 0 Å². The second-order valence-electron chi connectivity index (χ2n) is 5.49. The van der Waals surface area contributed by atoms with Crippen LogP contribution in [0.15, 0.2) is 0 Å². The zero-order chi connectivity index (χ0) is 11.3. The first kappa shape index (κ1) is 13.0. The highest BCUT2D eigenvalue weighted by atomic mass is 15.1. The van der Waals surface area contributed by atoms with Crippen LogP contribution in [0.1, 0.15) is 39.5 Å². The Hall–Kier alpha value is -0.0800. The van der Waals surface area contributed by atoms with Gasteiger partial charge in [-0.25, -0.2) is 0 Å². The second kappa shape index (κ2) is 6.49. The molecule has 0 bridgehead atoms. The summed E-state index contributed by atoms with van der Waals surface area (Å²) in [5, 5.41) is 3.62. The normalized spacial score (nSPS) is 29.4. The van der Waals surface area contributed by atoms with Gasteiger partial charge in [-0.15, -0.1) is 0 Å². The highest BCUT2D eigenvalue weighted by Gasteiger charge is 2.20. The molecule has 0 aromatic heterocycles. The van der Waals surface area contributed by atoms with E-state index in [9.17, 15) is 0 Å². The van der Waals surface area contributed by atoms with Gasteiger partial charge < -0.3 is 10.2 Å². The van der Waals surface area contributed by atoms with Crippen LogP contribution in [-0.4, -0.2) is 38.1 Å². The van der Waals surface area contributed by atoms with Crippen molar-refractivity contribution in [1.82, 2.24) is 10.2 Å². The maximum Gasteiger partial charge on any atom is 0.0186 e. The number of nitrogens with zero attached hydrogens (tertiary/aromatic N) is 1. The third-order valence-corrected chi connectivity index (χ3v) is 4.02. The van der Waals surface area contributed by atoms with Gasteiger partial charge in [0.2, 0.25) is 0 Å². The first-order valence-electron chi connectivity index (χ1n) is 6.48. The van der Waals surface area contributed by atoms with E-state index in [0.29, 0.717) is 6.04 Å². The Kier molecular flexibility index (Phi) is 5.62. The molecule has 2 heteroatoms. The third kappa shape index (κ3) is 4.52. The fraction of sp³-hybridized carbons (Fsp3) is 1.00. The lowest BCUT2D eigenvalue weighted by molar-refractivity contribution is 0.235. The van der Waals surface area contributed by atoms with Crippen molar-refractivity contribution in [2.24, 2.45) is 11.8 Å². The predicted molar refractivity (Wildman–Crippen MR) is 67.1 cm³/mol. The second-order valence-corrected chi connectivity index (χ2v) is 5.49.